The monoisotopic (exact) mass is 275 g/mol. The molecule has 0 aliphatic carbocycles. The Morgan fingerprint density at radius 1 is 1.50 bits per heavy atom. The van der Waals surface area contributed by atoms with Crippen molar-refractivity contribution in [2.24, 2.45) is 5.10 Å². The number of fused-ring (bicyclic) bond motifs is 1. The number of para-hydroxylation sites is 1. The highest BCUT2D eigenvalue weighted by atomic mass is 16.6. The van der Waals surface area contributed by atoms with Gasteiger partial charge in [0.1, 0.15) is 11.7 Å². The molecule has 1 spiro atoms. The van der Waals surface area contributed by atoms with Gasteiger partial charge in [-0.25, -0.2) is 5.01 Å². The van der Waals surface area contributed by atoms with Crippen molar-refractivity contribution in [3.8, 4) is 5.75 Å². The van der Waals surface area contributed by atoms with E-state index in [2.05, 4.69) is 5.10 Å². The summed E-state index contributed by atoms with van der Waals surface area (Å²) in [6.45, 7) is 1.30. The average Bonchev–Trinajstić information content (AvgIpc) is 2.82. The number of carbonyl (C=O) groups excluding carboxylic acids is 1. The highest BCUT2D eigenvalue weighted by Gasteiger charge is 2.62. The van der Waals surface area contributed by atoms with Crippen LogP contribution in [0.5, 0.6) is 5.75 Å². The lowest BCUT2D eigenvalue weighted by Crippen LogP contribution is -2.53. The summed E-state index contributed by atoms with van der Waals surface area (Å²) in [6, 6.07) is 7.04. The summed E-state index contributed by atoms with van der Waals surface area (Å²) >= 11 is 0. The smallest absolute Gasteiger partial charge is 0.293 e. The molecule has 0 unspecified atom stereocenters. The molecule has 0 fully saturated rings. The number of hydrogen-bond acceptors (Lipinski definition) is 5. The van der Waals surface area contributed by atoms with Crippen molar-refractivity contribution in [3.05, 3.63) is 39.9 Å². The fourth-order valence-corrected chi connectivity index (χ4v) is 2.96. The second kappa shape index (κ2) is 4.03. The standard InChI is InChI=1S/C13H13N3O4/c1-8-13(12(17)15(2)14-8)10(7-16(18)19)9-5-3-4-6-11(9)20-13/h3-6,10H,7H2,1-2H3/t10-,13+/m1/s1. The van der Waals surface area contributed by atoms with Crippen molar-refractivity contribution in [1.82, 2.24) is 5.01 Å². The molecule has 104 valence electrons. The highest BCUT2D eigenvalue weighted by molar-refractivity contribution is 6.16. The molecule has 1 aromatic rings. The van der Waals surface area contributed by atoms with Gasteiger partial charge in [0, 0.05) is 17.5 Å². The predicted octanol–water partition coefficient (Wildman–Crippen LogP) is 1.03. The number of amides is 1. The van der Waals surface area contributed by atoms with E-state index in [0.29, 0.717) is 17.0 Å². The first-order valence-electron chi connectivity index (χ1n) is 6.20. The molecule has 0 saturated heterocycles. The number of hydrogen-bond donors (Lipinski definition) is 0. The van der Waals surface area contributed by atoms with E-state index in [1.54, 1.807) is 31.2 Å². The zero-order valence-electron chi connectivity index (χ0n) is 11.1. The van der Waals surface area contributed by atoms with Crippen molar-refractivity contribution in [3.63, 3.8) is 0 Å². The number of hydrazone groups is 1. The first kappa shape index (κ1) is 12.6. The summed E-state index contributed by atoms with van der Waals surface area (Å²) in [6.07, 6.45) is 0. The van der Waals surface area contributed by atoms with E-state index in [-0.39, 0.29) is 12.5 Å². The van der Waals surface area contributed by atoms with Gasteiger partial charge in [-0.2, -0.15) is 5.10 Å². The molecule has 0 saturated carbocycles. The molecular weight excluding hydrogens is 262 g/mol. The lowest BCUT2D eigenvalue weighted by atomic mass is 9.81. The molecule has 0 N–H and O–H groups in total. The van der Waals surface area contributed by atoms with Crippen LogP contribution in [0.1, 0.15) is 18.4 Å². The van der Waals surface area contributed by atoms with Gasteiger partial charge in [-0.05, 0) is 13.0 Å². The molecule has 1 amide bonds. The van der Waals surface area contributed by atoms with Gasteiger partial charge in [0.2, 0.25) is 12.1 Å². The van der Waals surface area contributed by atoms with Crippen molar-refractivity contribution in [1.29, 1.82) is 0 Å². The summed E-state index contributed by atoms with van der Waals surface area (Å²) in [5.74, 6) is -0.509. The Balaban J connectivity index is 2.15. The van der Waals surface area contributed by atoms with E-state index >= 15 is 0 Å². The van der Waals surface area contributed by atoms with Crippen LogP contribution in [0.15, 0.2) is 29.4 Å². The Morgan fingerprint density at radius 3 is 2.80 bits per heavy atom. The quantitative estimate of drug-likeness (QED) is 0.596. The Bertz CT molecular complexity index is 642. The van der Waals surface area contributed by atoms with Crippen LogP contribution >= 0.6 is 0 Å². The van der Waals surface area contributed by atoms with Gasteiger partial charge in [0.05, 0.1) is 5.71 Å². The summed E-state index contributed by atoms with van der Waals surface area (Å²) in [7, 11) is 1.52. The molecule has 2 heterocycles. The number of ether oxygens (including phenoxy) is 1. The summed E-state index contributed by atoms with van der Waals surface area (Å²) in [5, 5.41) is 16.3. The van der Waals surface area contributed by atoms with Crippen LogP contribution in [0.25, 0.3) is 0 Å². The number of nitrogens with zero attached hydrogens (tertiary/aromatic N) is 3. The molecular formula is C13H13N3O4. The Labute approximate surface area is 115 Å². The second-order valence-corrected chi connectivity index (χ2v) is 4.96. The summed E-state index contributed by atoms with van der Waals surface area (Å²) in [4.78, 5) is 23.0. The SMILES string of the molecule is CC1=NN(C)C(=O)[C@]12Oc1ccccc1[C@H]2C[N+](=O)[O-]. The van der Waals surface area contributed by atoms with Crippen LogP contribution in [-0.4, -0.2) is 40.7 Å². The van der Waals surface area contributed by atoms with E-state index in [4.69, 9.17) is 4.74 Å². The van der Waals surface area contributed by atoms with Crippen molar-refractivity contribution in [2.75, 3.05) is 13.6 Å². The van der Waals surface area contributed by atoms with Gasteiger partial charge in [-0.15, -0.1) is 0 Å². The topological polar surface area (TPSA) is 85.0 Å². The Kier molecular flexibility index (Phi) is 2.53. The number of nitro groups is 1. The molecule has 7 nitrogen and oxygen atoms in total. The molecule has 2 aliphatic heterocycles. The van der Waals surface area contributed by atoms with E-state index in [0.717, 1.165) is 0 Å². The normalized spacial score (nSPS) is 27.5. The molecule has 3 rings (SSSR count). The first-order chi connectivity index (χ1) is 9.46. The third-order valence-electron chi connectivity index (χ3n) is 3.84. The zero-order valence-corrected chi connectivity index (χ0v) is 11.1. The number of benzene rings is 1. The van der Waals surface area contributed by atoms with Gasteiger partial charge in [0.25, 0.3) is 5.91 Å². The molecule has 20 heavy (non-hydrogen) atoms. The maximum atomic E-state index is 12.5. The van der Waals surface area contributed by atoms with Gasteiger partial charge < -0.3 is 4.74 Å². The van der Waals surface area contributed by atoms with E-state index < -0.39 is 16.4 Å². The van der Waals surface area contributed by atoms with Crippen LogP contribution in [0, 0.1) is 10.1 Å². The molecule has 0 aromatic heterocycles. The third-order valence-corrected chi connectivity index (χ3v) is 3.84. The predicted molar refractivity (Wildman–Crippen MR) is 70.3 cm³/mol. The molecule has 2 aliphatic rings. The van der Waals surface area contributed by atoms with Gasteiger partial charge in [0.15, 0.2) is 0 Å². The zero-order chi connectivity index (χ0) is 14.5. The summed E-state index contributed by atoms with van der Waals surface area (Å²) in [5.41, 5.74) is -0.235. The second-order valence-electron chi connectivity index (χ2n) is 4.96. The van der Waals surface area contributed by atoms with Crippen molar-refractivity contribution < 1.29 is 14.5 Å². The third kappa shape index (κ3) is 1.46. The van der Waals surface area contributed by atoms with Crippen molar-refractivity contribution in [2.45, 2.75) is 18.4 Å². The van der Waals surface area contributed by atoms with E-state index in [9.17, 15) is 14.9 Å². The Morgan fingerprint density at radius 2 is 2.20 bits per heavy atom. The minimum Gasteiger partial charge on any atom is -0.470 e. The molecule has 0 bridgehead atoms. The fourth-order valence-electron chi connectivity index (χ4n) is 2.96. The lowest BCUT2D eigenvalue weighted by molar-refractivity contribution is -0.484. The number of likely N-dealkylation sites (N-methyl/N-ethyl adjacent to an activating group) is 1. The summed E-state index contributed by atoms with van der Waals surface area (Å²) < 4.78 is 5.84. The van der Waals surface area contributed by atoms with Gasteiger partial charge >= 0.3 is 0 Å². The largest absolute Gasteiger partial charge is 0.470 e. The van der Waals surface area contributed by atoms with Crippen LogP contribution in [0.2, 0.25) is 0 Å². The van der Waals surface area contributed by atoms with Gasteiger partial charge in [-0.1, -0.05) is 18.2 Å². The maximum Gasteiger partial charge on any atom is 0.293 e. The lowest BCUT2D eigenvalue weighted by Gasteiger charge is -2.26. The minimum absolute atomic E-state index is 0.363. The van der Waals surface area contributed by atoms with Crippen LogP contribution < -0.4 is 4.74 Å². The molecule has 2 atom stereocenters. The maximum absolute atomic E-state index is 12.5. The minimum atomic E-state index is -1.37. The molecule has 7 heteroatoms. The number of rotatable bonds is 2. The average molecular weight is 275 g/mol. The van der Waals surface area contributed by atoms with E-state index in [1.165, 1.54) is 12.1 Å². The first-order valence-corrected chi connectivity index (χ1v) is 6.20. The van der Waals surface area contributed by atoms with Gasteiger partial charge in [-0.3, -0.25) is 14.9 Å². The fraction of sp³-hybridized carbons (Fsp3) is 0.385. The van der Waals surface area contributed by atoms with Crippen LogP contribution in [0.3, 0.4) is 0 Å². The molecule has 1 aromatic carbocycles. The van der Waals surface area contributed by atoms with Crippen LogP contribution in [0.4, 0.5) is 0 Å². The molecule has 0 radical (unpaired) electrons. The van der Waals surface area contributed by atoms with Crippen LogP contribution in [-0.2, 0) is 4.79 Å². The highest BCUT2D eigenvalue weighted by Crippen LogP contribution is 2.48. The number of carbonyl (C=O) groups is 1. The Hall–Kier alpha value is -2.44. The van der Waals surface area contributed by atoms with Crippen molar-refractivity contribution >= 4 is 11.6 Å². The van der Waals surface area contributed by atoms with E-state index in [1.807, 2.05) is 0 Å².